The first kappa shape index (κ1) is 23.3. The summed E-state index contributed by atoms with van der Waals surface area (Å²) >= 11 is 0. The summed E-state index contributed by atoms with van der Waals surface area (Å²) < 4.78 is 0. The van der Waals surface area contributed by atoms with Crippen LogP contribution in [0.1, 0.15) is 57.5 Å². The molecule has 178 valence electrons. The highest BCUT2D eigenvalue weighted by molar-refractivity contribution is 6.05. The lowest BCUT2D eigenvalue weighted by atomic mass is 9.87. The number of phenolic OH excluding ortho intramolecular Hbond substituents is 2. The molecule has 2 unspecified atom stereocenters. The number of carbonyl (C=O) groups excluding carboxylic acids is 2. The van der Waals surface area contributed by atoms with Crippen molar-refractivity contribution >= 4 is 33.1 Å². The Balaban J connectivity index is 1.38. The lowest BCUT2D eigenvalue weighted by molar-refractivity contribution is 0.0954. The van der Waals surface area contributed by atoms with Gasteiger partial charge in [-0.25, -0.2) is 0 Å². The van der Waals surface area contributed by atoms with Gasteiger partial charge < -0.3 is 10.2 Å². The molecule has 0 amide bonds. The zero-order chi connectivity index (χ0) is 25.4. The maximum absolute atomic E-state index is 13.2. The summed E-state index contributed by atoms with van der Waals surface area (Å²) in [4.78, 5) is 26.4. The second-order valence-corrected chi connectivity index (χ2v) is 9.20. The van der Waals surface area contributed by atoms with Crippen LogP contribution in [0, 0.1) is 0 Å². The highest BCUT2D eigenvalue weighted by Gasteiger charge is 2.24. The molecule has 5 aromatic carbocycles. The van der Waals surface area contributed by atoms with E-state index < -0.39 is 11.8 Å². The standard InChI is InChI=1S/C32H26O4/c1-19(25-17-15-21-7-3-5-9-27(21)31(25)35)29(33)23-11-13-24(14-12-23)30(34)20(2)26-18-16-22-8-4-6-10-28(22)32(26)36/h3-20,35-36H,1-2H3. The molecule has 0 aliphatic rings. The fourth-order valence-electron chi connectivity index (χ4n) is 4.82. The predicted octanol–water partition coefficient (Wildman–Crippen LogP) is 7.38. The zero-order valence-electron chi connectivity index (χ0n) is 20.1. The minimum atomic E-state index is -0.551. The van der Waals surface area contributed by atoms with Crippen molar-refractivity contribution in [2.75, 3.05) is 0 Å². The topological polar surface area (TPSA) is 74.6 Å². The molecule has 0 radical (unpaired) electrons. The van der Waals surface area contributed by atoms with Gasteiger partial charge in [0.25, 0.3) is 0 Å². The predicted molar refractivity (Wildman–Crippen MR) is 143 cm³/mol. The van der Waals surface area contributed by atoms with E-state index in [4.69, 9.17) is 0 Å². The SMILES string of the molecule is CC(C(=O)c1ccc(C(=O)C(C)c2ccc3ccccc3c2O)cc1)c1ccc2ccccc2c1O. The van der Waals surface area contributed by atoms with Crippen LogP contribution in [0.2, 0.25) is 0 Å². The lowest BCUT2D eigenvalue weighted by Gasteiger charge is -2.16. The summed E-state index contributed by atoms with van der Waals surface area (Å²) in [6, 6.07) is 29.0. The van der Waals surface area contributed by atoms with Crippen molar-refractivity contribution in [2.24, 2.45) is 0 Å². The minimum Gasteiger partial charge on any atom is -0.507 e. The van der Waals surface area contributed by atoms with Crippen LogP contribution in [0.4, 0.5) is 0 Å². The van der Waals surface area contributed by atoms with Gasteiger partial charge in [-0.15, -0.1) is 0 Å². The second-order valence-electron chi connectivity index (χ2n) is 9.20. The highest BCUT2D eigenvalue weighted by atomic mass is 16.3. The molecule has 0 spiro atoms. The third-order valence-corrected chi connectivity index (χ3v) is 7.04. The van der Waals surface area contributed by atoms with Crippen molar-refractivity contribution in [1.29, 1.82) is 0 Å². The number of hydrogen-bond donors (Lipinski definition) is 2. The molecule has 5 rings (SSSR count). The fourth-order valence-corrected chi connectivity index (χ4v) is 4.82. The molecular formula is C32H26O4. The van der Waals surface area contributed by atoms with Gasteiger partial charge in [-0.1, -0.05) is 111 Å². The van der Waals surface area contributed by atoms with Crippen LogP contribution < -0.4 is 0 Å². The molecule has 2 atom stereocenters. The van der Waals surface area contributed by atoms with Crippen molar-refractivity contribution in [3.63, 3.8) is 0 Å². The number of Topliss-reactive ketones (excluding diaryl/α,β-unsaturated/α-hetero) is 2. The van der Waals surface area contributed by atoms with E-state index in [1.165, 1.54) is 0 Å². The molecule has 0 bridgehead atoms. The van der Waals surface area contributed by atoms with Gasteiger partial charge in [0.05, 0.1) is 0 Å². The van der Waals surface area contributed by atoms with E-state index in [1.807, 2.05) is 60.7 Å². The summed E-state index contributed by atoms with van der Waals surface area (Å²) in [6.45, 7) is 3.55. The first-order chi connectivity index (χ1) is 17.4. The molecular weight excluding hydrogens is 448 g/mol. The third kappa shape index (κ3) is 4.01. The van der Waals surface area contributed by atoms with E-state index in [-0.39, 0.29) is 23.1 Å². The van der Waals surface area contributed by atoms with Crippen LogP contribution in [0.25, 0.3) is 21.5 Å². The van der Waals surface area contributed by atoms with Gasteiger partial charge in [-0.3, -0.25) is 9.59 Å². The Morgan fingerprint density at radius 3 is 1.28 bits per heavy atom. The summed E-state index contributed by atoms with van der Waals surface area (Å²) in [5.41, 5.74) is 2.07. The van der Waals surface area contributed by atoms with Gasteiger partial charge in [-0.05, 0) is 10.8 Å². The lowest BCUT2D eigenvalue weighted by Crippen LogP contribution is -2.12. The number of fused-ring (bicyclic) bond motifs is 2. The average Bonchev–Trinajstić information content (AvgIpc) is 2.92. The number of carbonyl (C=O) groups is 2. The van der Waals surface area contributed by atoms with Crippen LogP contribution in [0.5, 0.6) is 11.5 Å². The quantitative estimate of drug-likeness (QED) is 0.252. The van der Waals surface area contributed by atoms with Crippen LogP contribution in [-0.4, -0.2) is 21.8 Å². The molecule has 4 heteroatoms. The van der Waals surface area contributed by atoms with Gasteiger partial charge in [0.15, 0.2) is 11.6 Å². The summed E-state index contributed by atoms with van der Waals surface area (Å²) in [5.74, 6) is -1.15. The van der Waals surface area contributed by atoms with Crippen molar-refractivity contribution in [1.82, 2.24) is 0 Å². The van der Waals surface area contributed by atoms with Gasteiger partial charge >= 0.3 is 0 Å². The molecule has 5 aromatic rings. The van der Waals surface area contributed by atoms with E-state index in [0.717, 1.165) is 10.8 Å². The zero-order valence-corrected chi connectivity index (χ0v) is 20.1. The van der Waals surface area contributed by atoms with Gasteiger partial charge in [0, 0.05) is 44.9 Å². The van der Waals surface area contributed by atoms with E-state index in [0.29, 0.717) is 33.0 Å². The van der Waals surface area contributed by atoms with Crippen LogP contribution in [0.3, 0.4) is 0 Å². The van der Waals surface area contributed by atoms with E-state index in [2.05, 4.69) is 0 Å². The van der Waals surface area contributed by atoms with Crippen LogP contribution in [-0.2, 0) is 0 Å². The molecule has 36 heavy (non-hydrogen) atoms. The summed E-state index contributed by atoms with van der Waals surface area (Å²) in [5, 5.41) is 24.8. The number of aromatic hydroxyl groups is 2. The fraction of sp³-hybridized carbons (Fsp3) is 0.125. The van der Waals surface area contributed by atoms with Crippen molar-refractivity contribution in [3.8, 4) is 11.5 Å². The largest absolute Gasteiger partial charge is 0.507 e. The molecule has 2 N–H and O–H groups in total. The summed E-state index contributed by atoms with van der Waals surface area (Å²) in [6.07, 6.45) is 0. The molecule has 0 aromatic heterocycles. The Labute approximate surface area is 209 Å². The Bertz CT molecular complexity index is 1490. The number of ketones is 2. The molecule has 0 heterocycles. The van der Waals surface area contributed by atoms with Crippen LogP contribution >= 0.6 is 0 Å². The first-order valence-corrected chi connectivity index (χ1v) is 12.0. The Morgan fingerprint density at radius 2 is 0.889 bits per heavy atom. The van der Waals surface area contributed by atoms with Crippen molar-refractivity contribution in [3.05, 3.63) is 119 Å². The van der Waals surface area contributed by atoms with E-state index >= 15 is 0 Å². The van der Waals surface area contributed by atoms with Gasteiger partial charge in [0.2, 0.25) is 0 Å². The Kier molecular flexibility index (Phi) is 6.03. The normalized spacial score (nSPS) is 12.9. The molecule has 0 saturated heterocycles. The summed E-state index contributed by atoms with van der Waals surface area (Å²) in [7, 11) is 0. The van der Waals surface area contributed by atoms with Gasteiger partial charge in [-0.2, -0.15) is 0 Å². The van der Waals surface area contributed by atoms with Crippen molar-refractivity contribution < 1.29 is 19.8 Å². The number of benzene rings is 5. The second kappa shape index (κ2) is 9.31. The smallest absolute Gasteiger partial charge is 0.170 e. The monoisotopic (exact) mass is 474 g/mol. The van der Waals surface area contributed by atoms with E-state index in [1.54, 1.807) is 50.2 Å². The highest BCUT2D eigenvalue weighted by Crippen LogP contribution is 2.36. The Hall–Kier alpha value is -4.44. The first-order valence-electron chi connectivity index (χ1n) is 12.0. The Morgan fingerprint density at radius 1 is 0.528 bits per heavy atom. The van der Waals surface area contributed by atoms with Crippen molar-refractivity contribution in [2.45, 2.75) is 25.7 Å². The van der Waals surface area contributed by atoms with E-state index in [9.17, 15) is 19.8 Å². The van der Waals surface area contributed by atoms with Crippen LogP contribution in [0.15, 0.2) is 97.1 Å². The van der Waals surface area contributed by atoms with Gasteiger partial charge in [0.1, 0.15) is 11.5 Å². The molecule has 0 fully saturated rings. The molecule has 4 nitrogen and oxygen atoms in total. The molecule has 0 aliphatic heterocycles. The maximum Gasteiger partial charge on any atom is 0.170 e. The number of hydrogen-bond acceptors (Lipinski definition) is 4. The average molecular weight is 475 g/mol. The number of phenols is 2. The maximum atomic E-state index is 13.2. The molecule has 0 saturated carbocycles. The third-order valence-electron chi connectivity index (χ3n) is 7.04. The number of rotatable bonds is 6. The minimum absolute atomic E-state index is 0.116. The molecule has 0 aliphatic carbocycles.